The van der Waals surface area contributed by atoms with Crippen LogP contribution < -0.4 is 0 Å². The van der Waals surface area contributed by atoms with E-state index in [0.29, 0.717) is 0 Å². The zero-order valence-corrected chi connectivity index (χ0v) is 31.4. The van der Waals surface area contributed by atoms with Crippen LogP contribution >= 0.6 is 0 Å². The van der Waals surface area contributed by atoms with Gasteiger partial charge in [-0.15, -0.1) is 0 Å². The summed E-state index contributed by atoms with van der Waals surface area (Å²) in [4.78, 5) is 10.4. The molecule has 3 aromatic heterocycles. The van der Waals surface area contributed by atoms with E-state index >= 15 is 0 Å². The lowest BCUT2D eigenvalue weighted by Crippen LogP contribution is -1.99. The van der Waals surface area contributed by atoms with Crippen molar-refractivity contribution in [1.82, 2.24) is 19.1 Å². The smallest absolute Gasteiger partial charge is 0.161 e. The SMILES string of the molecule is c1ccc(-c2nc(-c3ccc(-n4c5ccccc5c5cc(-c6ccc7c8ccccc8n(-c8ccccc8)c7c6)ccc54)c4ccccc34)nc3ccccc23)cc1. The van der Waals surface area contributed by atoms with E-state index in [1.54, 1.807) is 0 Å². The van der Waals surface area contributed by atoms with Crippen molar-refractivity contribution in [3.63, 3.8) is 0 Å². The van der Waals surface area contributed by atoms with Crippen LogP contribution in [-0.2, 0) is 0 Å². The molecule has 58 heavy (non-hydrogen) atoms. The molecule has 0 radical (unpaired) electrons. The molecule has 270 valence electrons. The molecule has 12 rings (SSSR count). The van der Waals surface area contributed by atoms with Gasteiger partial charge in [0.05, 0.1) is 39.0 Å². The van der Waals surface area contributed by atoms with Crippen molar-refractivity contribution in [3.05, 3.63) is 206 Å². The molecule has 0 atom stereocenters. The molecule has 0 aliphatic heterocycles. The van der Waals surface area contributed by atoms with Gasteiger partial charge in [-0.3, -0.25) is 0 Å². The highest BCUT2D eigenvalue weighted by Gasteiger charge is 2.19. The number of para-hydroxylation sites is 4. The van der Waals surface area contributed by atoms with Crippen molar-refractivity contribution in [2.45, 2.75) is 0 Å². The number of fused-ring (bicyclic) bond motifs is 8. The molecule has 0 spiro atoms. The molecule has 0 unspecified atom stereocenters. The number of rotatable bonds is 5. The second kappa shape index (κ2) is 12.9. The predicted octanol–water partition coefficient (Wildman–Crippen LogP) is 14.0. The van der Waals surface area contributed by atoms with E-state index in [0.717, 1.165) is 61.2 Å². The van der Waals surface area contributed by atoms with Crippen molar-refractivity contribution >= 4 is 65.3 Å². The van der Waals surface area contributed by atoms with Gasteiger partial charge in [0, 0.05) is 49.1 Å². The summed E-state index contributed by atoms with van der Waals surface area (Å²) >= 11 is 0. The Labute approximate surface area is 334 Å². The van der Waals surface area contributed by atoms with E-state index in [2.05, 4.69) is 203 Å². The standard InChI is InChI=1S/C54H34N4/c1-3-15-35(16-4-1)53-45-23-9-12-24-47(45)55-54(56-53)44-30-32-50(40-20-8-7-19-39(40)44)58-49-26-14-11-22-42(49)46-33-36(28-31-51(46)58)37-27-29-43-41-21-10-13-25-48(41)57(52(43)34-37)38-17-5-2-6-18-38/h1-34H. The minimum Gasteiger partial charge on any atom is -0.309 e. The second-order valence-corrected chi connectivity index (χ2v) is 15.0. The van der Waals surface area contributed by atoms with Crippen LogP contribution in [0, 0.1) is 0 Å². The van der Waals surface area contributed by atoms with Crippen molar-refractivity contribution < 1.29 is 0 Å². The minimum absolute atomic E-state index is 0.718. The monoisotopic (exact) mass is 738 g/mol. The predicted molar refractivity (Wildman–Crippen MR) is 242 cm³/mol. The first-order valence-electron chi connectivity index (χ1n) is 19.8. The van der Waals surface area contributed by atoms with E-state index in [-0.39, 0.29) is 0 Å². The van der Waals surface area contributed by atoms with Crippen molar-refractivity contribution in [3.8, 4) is 45.1 Å². The van der Waals surface area contributed by atoms with Crippen molar-refractivity contribution in [2.24, 2.45) is 0 Å². The highest BCUT2D eigenvalue weighted by atomic mass is 15.0. The molecule has 4 nitrogen and oxygen atoms in total. The first kappa shape index (κ1) is 32.4. The highest BCUT2D eigenvalue weighted by molar-refractivity contribution is 6.14. The molecule has 12 aromatic rings. The molecule has 0 saturated carbocycles. The Balaban J connectivity index is 1.04. The second-order valence-electron chi connectivity index (χ2n) is 15.0. The van der Waals surface area contributed by atoms with Gasteiger partial charge in [-0.05, 0) is 77.2 Å². The summed E-state index contributed by atoms with van der Waals surface area (Å²) in [6, 6.07) is 73.8. The number of hydrogen-bond donors (Lipinski definition) is 0. The van der Waals surface area contributed by atoms with Crippen molar-refractivity contribution in [1.29, 1.82) is 0 Å². The fourth-order valence-electron chi connectivity index (χ4n) is 9.10. The molecular formula is C54H34N4. The van der Waals surface area contributed by atoms with Crippen LogP contribution in [0.25, 0.3) is 110 Å². The van der Waals surface area contributed by atoms with E-state index < -0.39 is 0 Å². The number of benzene rings is 9. The van der Waals surface area contributed by atoms with E-state index in [9.17, 15) is 0 Å². The molecule has 3 heterocycles. The van der Waals surface area contributed by atoms with Crippen LogP contribution in [0.15, 0.2) is 206 Å². The van der Waals surface area contributed by atoms with E-state index in [1.807, 2.05) is 12.1 Å². The number of nitrogens with zero attached hydrogens (tertiary/aromatic N) is 4. The maximum Gasteiger partial charge on any atom is 0.161 e. The number of hydrogen-bond acceptors (Lipinski definition) is 2. The Hall–Kier alpha value is -7.82. The lowest BCUT2D eigenvalue weighted by atomic mass is 10.0. The van der Waals surface area contributed by atoms with Gasteiger partial charge in [-0.2, -0.15) is 0 Å². The van der Waals surface area contributed by atoms with Gasteiger partial charge in [-0.1, -0.05) is 146 Å². The van der Waals surface area contributed by atoms with Crippen LogP contribution in [0.4, 0.5) is 0 Å². The van der Waals surface area contributed by atoms with Gasteiger partial charge in [-0.25, -0.2) is 9.97 Å². The largest absolute Gasteiger partial charge is 0.309 e. The third-order valence-electron chi connectivity index (χ3n) is 11.7. The molecule has 0 aliphatic rings. The average Bonchev–Trinajstić information content (AvgIpc) is 3.81. The first-order valence-corrected chi connectivity index (χ1v) is 19.8. The van der Waals surface area contributed by atoms with Gasteiger partial charge in [0.15, 0.2) is 5.82 Å². The summed E-state index contributed by atoms with van der Waals surface area (Å²) in [6.07, 6.45) is 0. The molecule has 9 aromatic carbocycles. The lowest BCUT2D eigenvalue weighted by Gasteiger charge is -2.15. The van der Waals surface area contributed by atoms with E-state index in [1.165, 1.54) is 49.2 Å². The van der Waals surface area contributed by atoms with Gasteiger partial charge >= 0.3 is 0 Å². The fraction of sp³-hybridized carbons (Fsp3) is 0. The summed E-state index contributed by atoms with van der Waals surface area (Å²) in [6.45, 7) is 0. The van der Waals surface area contributed by atoms with Crippen LogP contribution in [-0.4, -0.2) is 19.1 Å². The maximum absolute atomic E-state index is 5.26. The number of aromatic nitrogens is 4. The topological polar surface area (TPSA) is 35.6 Å². The highest BCUT2D eigenvalue weighted by Crippen LogP contribution is 2.41. The first-order chi connectivity index (χ1) is 28.8. The molecule has 0 fully saturated rings. The van der Waals surface area contributed by atoms with Crippen LogP contribution in [0.3, 0.4) is 0 Å². The third-order valence-corrected chi connectivity index (χ3v) is 11.7. The Bertz CT molecular complexity index is 3560. The molecule has 0 N–H and O–H groups in total. The van der Waals surface area contributed by atoms with E-state index in [4.69, 9.17) is 9.97 Å². The lowest BCUT2D eigenvalue weighted by molar-refractivity contribution is 1.18. The zero-order chi connectivity index (χ0) is 38.2. The third kappa shape index (κ3) is 4.95. The van der Waals surface area contributed by atoms with Gasteiger partial charge in [0.2, 0.25) is 0 Å². The Morgan fingerprint density at radius 2 is 0.879 bits per heavy atom. The molecule has 0 amide bonds. The van der Waals surface area contributed by atoms with Crippen LogP contribution in [0.2, 0.25) is 0 Å². The normalized spacial score (nSPS) is 11.8. The van der Waals surface area contributed by atoms with Crippen LogP contribution in [0.5, 0.6) is 0 Å². The van der Waals surface area contributed by atoms with Crippen molar-refractivity contribution in [2.75, 3.05) is 0 Å². The fourth-order valence-corrected chi connectivity index (χ4v) is 9.10. The average molecular weight is 739 g/mol. The molecule has 4 heteroatoms. The minimum atomic E-state index is 0.718. The molecular weight excluding hydrogens is 705 g/mol. The van der Waals surface area contributed by atoms with Crippen LogP contribution in [0.1, 0.15) is 0 Å². The maximum atomic E-state index is 5.26. The molecule has 0 bridgehead atoms. The Morgan fingerprint density at radius 1 is 0.310 bits per heavy atom. The quantitative estimate of drug-likeness (QED) is 0.176. The summed E-state index contributed by atoms with van der Waals surface area (Å²) in [5.41, 5.74) is 13.3. The summed E-state index contributed by atoms with van der Waals surface area (Å²) in [5, 5.41) is 8.24. The van der Waals surface area contributed by atoms with Gasteiger partial charge in [0.1, 0.15) is 0 Å². The van der Waals surface area contributed by atoms with Gasteiger partial charge < -0.3 is 9.13 Å². The zero-order valence-electron chi connectivity index (χ0n) is 31.4. The molecule has 0 aliphatic carbocycles. The van der Waals surface area contributed by atoms with Gasteiger partial charge in [0.25, 0.3) is 0 Å². The summed E-state index contributed by atoms with van der Waals surface area (Å²) in [7, 11) is 0. The summed E-state index contributed by atoms with van der Waals surface area (Å²) in [5.74, 6) is 0.718. The Kier molecular flexibility index (Phi) is 7.20. The molecule has 0 saturated heterocycles. The Morgan fingerprint density at radius 3 is 1.67 bits per heavy atom. The summed E-state index contributed by atoms with van der Waals surface area (Å²) < 4.78 is 4.81.